The number of halogens is 1. The number of rotatable bonds is 3. The monoisotopic (exact) mass is 269 g/mol. The minimum atomic E-state index is 0.0249. The van der Waals surface area contributed by atoms with E-state index in [1.807, 2.05) is 11.9 Å². The van der Waals surface area contributed by atoms with Gasteiger partial charge in [0.2, 0.25) is 0 Å². The van der Waals surface area contributed by atoms with E-state index in [1.165, 1.54) is 0 Å². The molecule has 5 heteroatoms. The molecule has 0 radical (unpaired) electrons. The summed E-state index contributed by atoms with van der Waals surface area (Å²) >= 11 is 5.82. The predicted octanol–water partition coefficient (Wildman–Crippen LogP) is 2.22. The van der Waals surface area contributed by atoms with Crippen LogP contribution in [-0.4, -0.2) is 53.4 Å². The van der Waals surface area contributed by atoms with Crippen molar-refractivity contribution in [1.82, 2.24) is 14.8 Å². The highest BCUT2D eigenvalue weighted by atomic mass is 35.5. The third kappa shape index (κ3) is 2.87. The van der Waals surface area contributed by atoms with E-state index in [0.717, 1.165) is 32.5 Å². The molecule has 4 nitrogen and oxygen atoms in total. The van der Waals surface area contributed by atoms with Crippen molar-refractivity contribution in [2.45, 2.75) is 25.8 Å². The molecule has 0 aromatic carbocycles. The Kier molecular flexibility index (Phi) is 4.30. The fourth-order valence-corrected chi connectivity index (χ4v) is 2.63. The van der Waals surface area contributed by atoms with Gasteiger partial charge in [-0.05, 0) is 25.5 Å². The Balaban J connectivity index is 1.95. The molecule has 100 valence electrons. The number of nitrogens with one attached hydrogen (secondary N) is 1. The molecule has 1 aliphatic rings. The van der Waals surface area contributed by atoms with E-state index in [2.05, 4.69) is 16.8 Å². The normalized spacial score (nSPS) is 17.9. The molecule has 18 heavy (non-hydrogen) atoms. The van der Waals surface area contributed by atoms with Crippen LogP contribution in [0.25, 0.3) is 0 Å². The van der Waals surface area contributed by atoms with Crippen LogP contribution in [0.4, 0.5) is 0 Å². The fraction of sp³-hybridized carbons (Fsp3) is 0.615. The Morgan fingerprint density at radius 2 is 2.22 bits per heavy atom. The Morgan fingerprint density at radius 3 is 2.72 bits per heavy atom. The maximum Gasteiger partial charge on any atom is 0.270 e. The Bertz CT molecular complexity index is 410. The van der Waals surface area contributed by atoms with Crippen molar-refractivity contribution in [3.05, 3.63) is 23.0 Å². The topological polar surface area (TPSA) is 39.3 Å². The van der Waals surface area contributed by atoms with Gasteiger partial charge in [-0.1, -0.05) is 18.5 Å². The summed E-state index contributed by atoms with van der Waals surface area (Å²) < 4.78 is 0. The molecule has 2 heterocycles. The van der Waals surface area contributed by atoms with Crippen LogP contribution >= 0.6 is 11.6 Å². The smallest absolute Gasteiger partial charge is 0.270 e. The van der Waals surface area contributed by atoms with E-state index in [-0.39, 0.29) is 5.91 Å². The number of nitrogens with zero attached hydrogens (tertiary/aromatic N) is 2. The number of carbonyl (C=O) groups excluding carboxylic acids is 1. The molecular weight excluding hydrogens is 250 g/mol. The van der Waals surface area contributed by atoms with E-state index in [1.54, 1.807) is 12.3 Å². The summed E-state index contributed by atoms with van der Waals surface area (Å²) in [6, 6.07) is 2.02. The van der Waals surface area contributed by atoms with Gasteiger partial charge in [0.1, 0.15) is 5.69 Å². The maximum absolute atomic E-state index is 12.2. The second-order valence-corrected chi connectivity index (χ2v) is 5.25. The molecule has 0 bridgehead atoms. The van der Waals surface area contributed by atoms with Gasteiger partial charge >= 0.3 is 0 Å². The Hall–Kier alpha value is -1.00. The quantitative estimate of drug-likeness (QED) is 0.914. The highest BCUT2D eigenvalue weighted by Crippen LogP contribution is 2.18. The Labute approximate surface area is 113 Å². The van der Waals surface area contributed by atoms with Crippen LogP contribution in [0.3, 0.4) is 0 Å². The Morgan fingerprint density at radius 1 is 1.56 bits per heavy atom. The molecular formula is C13H20ClN3O. The van der Waals surface area contributed by atoms with Gasteiger partial charge in [0.15, 0.2) is 0 Å². The number of aromatic amines is 1. The van der Waals surface area contributed by atoms with Crippen LogP contribution in [-0.2, 0) is 0 Å². The average molecular weight is 270 g/mol. The summed E-state index contributed by atoms with van der Waals surface area (Å²) in [6.07, 6.45) is 3.73. The van der Waals surface area contributed by atoms with E-state index in [0.29, 0.717) is 16.8 Å². The van der Waals surface area contributed by atoms with E-state index in [4.69, 9.17) is 11.6 Å². The van der Waals surface area contributed by atoms with Gasteiger partial charge < -0.3 is 14.8 Å². The van der Waals surface area contributed by atoms with Crippen molar-refractivity contribution in [3.8, 4) is 0 Å². The van der Waals surface area contributed by atoms with Crippen LogP contribution in [0.5, 0.6) is 0 Å². The van der Waals surface area contributed by atoms with Gasteiger partial charge in [0, 0.05) is 32.4 Å². The molecule has 0 atom stereocenters. The van der Waals surface area contributed by atoms with Crippen molar-refractivity contribution in [2.24, 2.45) is 0 Å². The minimum absolute atomic E-state index is 0.0249. The lowest BCUT2D eigenvalue weighted by atomic mass is 10.0. The largest absolute Gasteiger partial charge is 0.356 e. The molecule has 0 saturated carbocycles. The summed E-state index contributed by atoms with van der Waals surface area (Å²) in [6.45, 7) is 5.42. The summed E-state index contributed by atoms with van der Waals surface area (Å²) in [5, 5.41) is 0.576. The number of H-pyrrole nitrogens is 1. The van der Waals surface area contributed by atoms with Crippen molar-refractivity contribution in [1.29, 1.82) is 0 Å². The van der Waals surface area contributed by atoms with Gasteiger partial charge in [-0.25, -0.2) is 0 Å². The summed E-state index contributed by atoms with van der Waals surface area (Å²) in [5.41, 5.74) is 0.570. The molecule has 1 aromatic rings. The molecule has 1 aliphatic heterocycles. The standard InChI is InChI=1S/C13H20ClN3O/c1-3-17-6-4-11(5-7-17)16(2)13(18)12-8-10(14)9-15-12/h8-9,11,15H,3-7H2,1-2H3. The molecule has 1 aromatic heterocycles. The highest BCUT2D eigenvalue weighted by Gasteiger charge is 2.25. The fourth-order valence-electron chi connectivity index (χ4n) is 2.47. The lowest BCUT2D eigenvalue weighted by Gasteiger charge is -2.36. The third-order valence-corrected chi connectivity index (χ3v) is 3.97. The second kappa shape index (κ2) is 5.76. The average Bonchev–Trinajstić information content (AvgIpc) is 2.84. The molecule has 1 N–H and O–H groups in total. The number of aromatic nitrogens is 1. The summed E-state index contributed by atoms with van der Waals surface area (Å²) in [5.74, 6) is 0.0249. The van der Waals surface area contributed by atoms with Crippen LogP contribution in [0, 0.1) is 0 Å². The van der Waals surface area contributed by atoms with Crippen molar-refractivity contribution >= 4 is 17.5 Å². The lowest BCUT2D eigenvalue weighted by molar-refractivity contribution is 0.0642. The number of carbonyl (C=O) groups is 1. The summed E-state index contributed by atoms with van der Waals surface area (Å²) in [7, 11) is 1.88. The second-order valence-electron chi connectivity index (χ2n) is 4.81. The van der Waals surface area contributed by atoms with Crippen LogP contribution in [0.2, 0.25) is 5.02 Å². The molecule has 1 saturated heterocycles. The minimum Gasteiger partial charge on any atom is -0.356 e. The number of likely N-dealkylation sites (tertiary alicyclic amines) is 1. The van der Waals surface area contributed by atoms with Gasteiger partial charge in [-0.3, -0.25) is 4.79 Å². The summed E-state index contributed by atoms with van der Waals surface area (Å²) in [4.78, 5) is 19.4. The third-order valence-electron chi connectivity index (χ3n) is 3.75. The molecule has 0 unspecified atom stereocenters. The number of hydrogen-bond acceptors (Lipinski definition) is 2. The van der Waals surface area contributed by atoms with Crippen LogP contribution < -0.4 is 0 Å². The zero-order valence-electron chi connectivity index (χ0n) is 10.9. The molecule has 0 spiro atoms. The van der Waals surface area contributed by atoms with Gasteiger partial charge in [-0.15, -0.1) is 0 Å². The van der Waals surface area contributed by atoms with Gasteiger partial charge in [0.25, 0.3) is 5.91 Å². The van der Waals surface area contributed by atoms with Crippen LogP contribution in [0.15, 0.2) is 12.3 Å². The molecule has 0 aliphatic carbocycles. The zero-order valence-corrected chi connectivity index (χ0v) is 11.7. The highest BCUT2D eigenvalue weighted by molar-refractivity contribution is 6.30. The molecule has 2 rings (SSSR count). The molecule has 1 fully saturated rings. The first-order valence-electron chi connectivity index (χ1n) is 6.45. The van der Waals surface area contributed by atoms with Gasteiger partial charge in [0.05, 0.1) is 5.02 Å². The number of amides is 1. The maximum atomic E-state index is 12.2. The van der Waals surface area contributed by atoms with E-state index >= 15 is 0 Å². The zero-order chi connectivity index (χ0) is 13.1. The first-order valence-corrected chi connectivity index (χ1v) is 6.83. The van der Waals surface area contributed by atoms with Crippen LogP contribution in [0.1, 0.15) is 30.3 Å². The SMILES string of the molecule is CCN1CCC(N(C)C(=O)c2cc(Cl)c[nH]2)CC1. The van der Waals surface area contributed by atoms with E-state index < -0.39 is 0 Å². The van der Waals surface area contributed by atoms with Crippen molar-refractivity contribution in [2.75, 3.05) is 26.7 Å². The van der Waals surface area contributed by atoms with Crippen molar-refractivity contribution < 1.29 is 4.79 Å². The molecule has 1 amide bonds. The lowest BCUT2D eigenvalue weighted by Crippen LogP contribution is -2.45. The number of piperidine rings is 1. The van der Waals surface area contributed by atoms with Gasteiger partial charge in [-0.2, -0.15) is 0 Å². The first-order chi connectivity index (χ1) is 8.61. The number of hydrogen-bond donors (Lipinski definition) is 1. The predicted molar refractivity (Wildman–Crippen MR) is 73.0 cm³/mol. The van der Waals surface area contributed by atoms with E-state index in [9.17, 15) is 4.79 Å². The first kappa shape index (κ1) is 13.4. The van der Waals surface area contributed by atoms with Crippen molar-refractivity contribution in [3.63, 3.8) is 0 Å².